The van der Waals surface area contributed by atoms with E-state index in [0.717, 1.165) is 18.7 Å². The van der Waals surface area contributed by atoms with Crippen molar-refractivity contribution in [1.82, 2.24) is 40.1 Å². The monoisotopic (exact) mass is 730 g/mol. The summed E-state index contributed by atoms with van der Waals surface area (Å²) in [6.45, 7) is 7.50. The van der Waals surface area contributed by atoms with Gasteiger partial charge in [0.05, 0.1) is 50.2 Å². The van der Waals surface area contributed by atoms with E-state index in [4.69, 9.17) is 18.9 Å². The third-order valence-corrected chi connectivity index (χ3v) is 9.57. The second-order valence-electron chi connectivity index (χ2n) is 13.4. The maximum Gasteiger partial charge on any atom is 0.295 e. The average molecular weight is 731 g/mol. The molecule has 3 aromatic heterocycles. The second-order valence-corrected chi connectivity index (χ2v) is 13.4. The van der Waals surface area contributed by atoms with E-state index in [9.17, 15) is 14.4 Å². The molecule has 4 aromatic rings. The lowest BCUT2D eigenvalue weighted by molar-refractivity contribution is -0.130. The first-order valence-corrected chi connectivity index (χ1v) is 18.6. The molecule has 1 aliphatic carbocycles. The first-order chi connectivity index (χ1) is 26.0. The van der Waals surface area contributed by atoms with Gasteiger partial charge >= 0.3 is 0 Å². The summed E-state index contributed by atoms with van der Waals surface area (Å²) in [7, 11) is 0. The lowest BCUT2D eigenvalue weighted by Gasteiger charge is -2.39. The Bertz CT molecular complexity index is 1770. The molecule has 2 amide bonds. The van der Waals surface area contributed by atoms with E-state index in [0.29, 0.717) is 87.7 Å². The number of pyridine rings is 1. The molecule has 4 heterocycles. The Hall–Kier alpha value is -4.70. The van der Waals surface area contributed by atoms with Crippen molar-refractivity contribution in [2.45, 2.75) is 64.3 Å². The standard InChI is InChI=1S/C38H50N8O7/c1-28-25-44(37(48)29-8-3-2-4-9-29)16-17-46(28)38(49)35(47)32-24-41-36-34(32)33(12-13-40-36)53-23-22-50-18-7-15-45-26-31(42-43-45)27-52-21-20-51-19-14-39-30-10-5-6-11-30/h2-4,8-9,12-13,24,26,28,30,39H,5-7,10-11,14-23,25,27H2,1H3,(H,40,41)/t28-/m1/s1. The predicted molar refractivity (Wildman–Crippen MR) is 196 cm³/mol. The molecule has 1 aromatic carbocycles. The number of aromatic nitrogens is 5. The van der Waals surface area contributed by atoms with Crippen LogP contribution in [-0.2, 0) is 32.2 Å². The second kappa shape index (κ2) is 19.4. The summed E-state index contributed by atoms with van der Waals surface area (Å²) in [6, 6.07) is 11.0. The van der Waals surface area contributed by atoms with Crippen molar-refractivity contribution in [3.8, 4) is 5.75 Å². The molecule has 284 valence electrons. The SMILES string of the molecule is C[C@@H]1CN(C(=O)c2ccccc2)CCN1C(=O)C(=O)c1c[nH]c2nccc(OCCOCCCn3cc(COCCOCCNC4CCCC4)nn3)c12. The summed E-state index contributed by atoms with van der Waals surface area (Å²) < 4.78 is 24.9. The highest BCUT2D eigenvalue weighted by atomic mass is 16.5. The van der Waals surface area contributed by atoms with Crippen molar-refractivity contribution in [3.63, 3.8) is 0 Å². The Morgan fingerprint density at radius 3 is 2.57 bits per heavy atom. The van der Waals surface area contributed by atoms with Crippen LogP contribution < -0.4 is 10.1 Å². The minimum atomic E-state index is -0.658. The van der Waals surface area contributed by atoms with Crippen LogP contribution in [0, 0.1) is 0 Å². The Labute approximate surface area is 309 Å². The number of hydrogen-bond donors (Lipinski definition) is 2. The van der Waals surface area contributed by atoms with Crippen molar-refractivity contribution in [2.24, 2.45) is 0 Å². The van der Waals surface area contributed by atoms with Gasteiger partial charge in [-0.25, -0.2) is 4.98 Å². The molecule has 53 heavy (non-hydrogen) atoms. The number of ketones is 1. The number of rotatable bonds is 20. The quantitative estimate of drug-likeness (QED) is 0.0779. The smallest absolute Gasteiger partial charge is 0.295 e. The van der Waals surface area contributed by atoms with Gasteiger partial charge in [0, 0.05) is 69.4 Å². The van der Waals surface area contributed by atoms with Crippen LogP contribution in [-0.4, -0.2) is 130 Å². The van der Waals surface area contributed by atoms with Crippen molar-refractivity contribution >= 4 is 28.6 Å². The highest BCUT2D eigenvalue weighted by Crippen LogP contribution is 2.28. The minimum Gasteiger partial charge on any atom is -0.490 e. The number of ether oxygens (including phenoxy) is 4. The number of hydrogen-bond acceptors (Lipinski definition) is 11. The van der Waals surface area contributed by atoms with Crippen molar-refractivity contribution in [2.75, 3.05) is 65.8 Å². The molecule has 2 fully saturated rings. The number of fused-ring (bicyclic) bond motifs is 1. The lowest BCUT2D eigenvalue weighted by Crippen LogP contribution is -2.56. The summed E-state index contributed by atoms with van der Waals surface area (Å²) in [4.78, 5) is 50.5. The molecule has 1 saturated heterocycles. The van der Waals surface area contributed by atoms with E-state index < -0.39 is 11.7 Å². The third-order valence-electron chi connectivity index (χ3n) is 9.57. The van der Waals surface area contributed by atoms with Crippen LogP contribution in [0.5, 0.6) is 5.75 Å². The van der Waals surface area contributed by atoms with Gasteiger partial charge in [-0.2, -0.15) is 0 Å². The molecule has 0 radical (unpaired) electrons. The van der Waals surface area contributed by atoms with E-state index in [1.165, 1.54) is 36.8 Å². The van der Waals surface area contributed by atoms with Crippen LogP contribution in [0.15, 0.2) is 55.0 Å². The molecule has 0 bridgehead atoms. The number of nitrogens with zero attached hydrogens (tertiary/aromatic N) is 6. The maximum atomic E-state index is 13.5. The molecule has 0 unspecified atom stereocenters. The summed E-state index contributed by atoms with van der Waals surface area (Å²) in [6.07, 6.45) is 10.9. The minimum absolute atomic E-state index is 0.0928. The van der Waals surface area contributed by atoms with E-state index in [1.807, 2.05) is 31.3 Å². The van der Waals surface area contributed by atoms with Gasteiger partial charge in [0.25, 0.3) is 17.6 Å². The van der Waals surface area contributed by atoms with E-state index in [2.05, 4.69) is 25.6 Å². The van der Waals surface area contributed by atoms with Gasteiger partial charge < -0.3 is 39.0 Å². The normalized spacial score (nSPS) is 16.4. The number of amides is 2. The number of piperazine rings is 1. The van der Waals surface area contributed by atoms with E-state index >= 15 is 0 Å². The molecule has 1 aliphatic heterocycles. The highest BCUT2D eigenvalue weighted by molar-refractivity contribution is 6.45. The van der Waals surface area contributed by atoms with Gasteiger partial charge in [-0.1, -0.05) is 36.3 Å². The fourth-order valence-corrected chi connectivity index (χ4v) is 6.80. The first kappa shape index (κ1) is 38.0. The molecule has 15 heteroatoms. The number of aryl methyl sites for hydroxylation is 1. The largest absolute Gasteiger partial charge is 0.490 e. The van der Waals surface area contributed by atoms with Crippen LogP contribution in [0.25, 0.3) is 11.0 Å². The number of aromatic amines is 1. The zero-order chi connectivity index (χ0) is 36.8. The summed E-state index contributed by atoms with van der Waals surface area (Å²) in [5.74, 6) is -0.944. The van der Waals surface area contributed by atoms with E-state index in [-0.39, 0.29) is 30.7 Å². The number of H-pyrrole nitrogens is 1. The lowest BCUT2D eigenvalue weighted by atomic mass is 10.1. The van der Waals surface area contributed by atoms with Gasteiger partial charge in [0.15, 0.2) is 0 Å². The fraction of sp³-hybridized carbons (Fsp3) is 0.526. The molecule has 6 rings (SSSR count). The highest BCUT2D eigenvalue weighted by Gasteiger charge is 2.34. The first-order valence-electron chi connectivity index (χ1n) is 18.6. The van der Waals surface area contributed by atoms with Gasteiger partial charge in [0.1, 0.15) is 23.7 Å². The Kier molecular flexibility index (Phi) is 13.9. The van der Waals surface area contributed by atoms with Crippen LogP contribution in [0.4, 0.5) is 0 Å². The number of carbonyl (C=O) groups excluding carboxylic acids is 3. The Morgan fingerprint density at radius 1 is 0.943 bits per heavy atom. The van der Waals surface area contributed by atoms with Crippen LogP contribution in [0.2, 0.25) is 0 Å². The zero-order valence-corrected chi connectivity index (χ0v) is 30.4. The summed E-state index contributed by atoms with van der Waals surface area (Å²) in [5, 5.41) is 12.3. The third kappa shape index (κ3) is 10.5. The molecular weight excluding hydrogens is 680 g/mol. The topological polar surface area (TPSA) is 166 Å². The number of nitrogens with one attached hydrogen (secondary N) is 2. The molecule has 1 atom stereocenters. The number of benzene rings is 1. The fourth-order valence-electron chi connectivity index (χ4n) is 6.80. The Morgan fingerprint density at radius 2 is 1.74 bits per heavy atom. The van der Waals surface area contributed by atoms with Crippen molar-refractivity contribution in [3.05, 3.63) is 71.8 Å². The molecule has 1 saturated carbocycles. The van der Waals surface area contributed by atoms with Gasteiger partial charge in [-0.3, -0.25) is 19.1 Å². The number of Topliss-reactive ketones (excluding diaryl/α,β-unsaturated/α-hetero) is 1. The van der Waals surface area contributed by atoms with Crippen molar-refractivity contribution < 1.29 is 33.3 Å². The van der Waals surface area contributed by atoms with Gasteiger partial charge in [-0.05, 0) is 44.4 Å². The van der Waals surface area contributed by atoms with Crippen molar-refractivity contribution in [1.29, 1.82) is 0 Å². The van der Waals surface area contributed by atoms with Crippen LogP contribution in [0.3, 0.4) is 0 Å². The predicted octanol–water partition coefficient (Wildman–Crippen LogP) is 3.26. The molecule has 2 aliphatic rings. The molecule has 0 spiro atoms. The molecule has 2 N–H and O–H groups in total. The zero-order valence-electron chi connectivity index (χ0n) is 30.4. The average Bonchev–Trinajstić information content (AvgIpc) is 3.97. The van der Waals surface area contributed by atoms with Gasteiger partial charge in [0.2, 0.25) is 0 Å². The van der Waals surface area contributed by atoms with Crippen LogP contribution >= 0.6 is 0 Å². The van der Waals surface area contributed by atoms with Crippen LogP contribution in [0.1, 0.15) is 65.4 Å². The molecular formula is C38H50N8O7. The van der Waals surface area contributed by atoms with E-state index in [1.54, 1.807) is 34.0 Å². The summed E-state index contributed by atoms with van der Waals surface area (Å²) >= 11 is 0. The number of carbonyl (C=O) groups is 3. The van der Waals surface area contributed by atoms with Gasteiger partial charge in [-0.15, -0.1) is 5.10 Å². The Balaban J connectivity index is 0.874. The molecule has 15 nitrogen and oxygen atoms in total. The maximum absolute atomic E-state index is 13.5. The summed E-state index contributed by atoms with van der Waals surface area (Å²) in [5.41, 5.74) is 2.00.